The van der Waals surface area contributed by atoms with Crippen molar-refractivity contribution < 1.29 is 13.7 Å². The van der Waals surface area contributed by atoms with E-state index in [4.69, 9.17) is 4.43 Å². The van der Waals surface area contributed by atoms with Crippen molar-refractivity contribution in [3.8, 4) is 0 Å². The van der Waals surface area contributed by atoms with Gasteiger partial charge < -0.3 is 9.53 Å². The van der Waals surface area contributed by atoms with Crippen LogP contribution in [0.4, 0.5) is 0 Å². The summed E-state index contributed by atoms with van der Waals surface area (Å²) in [6.45, 7) is 15.2. The van der Waals surface area contributed by atoms with Crippen molar-refractivity contribution in [2.24, 2.45) is 0 Å². The molecule has 0 saturated carbocycles. The van der Waals surface area contributed by atoms with Gasteiger partial charge in [-0.2, -0.15) is 0 Å². The van der Waals surface area contributed by atoms with Crippen LogP contribution in [0.25, 0.3) is 0 Å². The number of benzene rings is 1. The maximum Gasteiger partial charge on any atom is 0.192 e. The molecular weight excluding hydrogens is 444 g/mol. The van der Waals surface area contributed by atoms with Gasteiger partial charge in [-0.1, -0.05) is 102 Å². The average molecular weight is 495 g/mol. The van der Waals surface area contributed by atoms with Crippen LogP contribution in [0.1, 0.15) is 91.0 Å². The lowest BCUT2D eigenvalue weighted by Gasteiger charge is -2.40. The molecule has 0 bridgehead atoms. The Morgan fingerprint density at radius 3 is 2.09 bits per heavy atom. The molecule has 5 heteroatoms. The summed E-state index contributed by atoms with van der Waals surface area (Å²) in [5, 5.41) is 11.0. The number of allylic oxidation sites excluding steroid dienone is 1. The van der Waals surface area contributed by atoms with Gasteiger partial charge >= 0.3 is 0 Å². The van der Waals surface area contributed by atoms with E-state index in [0.717, 1.165) is 23.3 Å². The van der Waals surface area contributed by atoms with Crippen molar-refractivity contribution in [2.45, 2.75) is 128 Å². The number of aryl methyl sites for hydroxylation is 1. The summed E-state index contributed by atoms with van der Waals surface area (Å²) in [6.07, 6.45) is 14.1. The zero-order valence-electron chi connectivity index (χ0n) is 22.4. The first kappa shape index (κ1) is 30.3. The fourth-order valence-corrected chi connectivity index (χ4v) is 6.10. The molecule has 1 N–H and O–H groups in total. The van der Waals surface area contributed by atoms with Crippen LogP contribution in [-0.4, -0.2) is 35.6 Å². The molecule has 0 heterocycles. The fraction of sp³-hybridized carbons (Fsp3) is 0.714. The largest absolute Gasteiger partial charge is 0.410 e. The molecule has 33 heavy (non-hydrogen) atoms. The number of aliphatic hydroxyl groups excluding tert-OH is 1. The molecule has 3 atom stereocenters. The molecule has 1 rings (SSSR count). The minimum atomic E-state index is -2.12. The fourth-order valence-electron chi connectivity index (χ4n) is 3.45. The molecule has 1 aromatic rings. The Morgan fingerprint density at radius 1 is 1.00 bits per heavy atom. The van der Waals surface area contributed by atoms with E-state index in [0.29, 0.717) is 5.75 Å². The van der Waals surface area contributed by atoms with E-state index in [9.17, 15) is 9.32 Å². The first-order valence-corrected chi connectivity index (χ1v) is 17.2. The van der Waals surface area contributed by atoms with E-state index in [2.05, 4.69) is 46.9 Å². The monoisotopic (exact) mass is 494 g/mol. The Hall–Kier alpha value is -0.753. The molecule has 1 aromatic carbocycles. The molecule has 0 aromatic heterocycles. The van der Waals surface area contributed by atoms with Gasteiger partial charge in [0.05, 0.1) is 28.8 Å². The predicted octanol–water partition coefficient (Wildman–Crippen LogP) is 7.94. The van der Waals surface area contributed by atoms with Crippen LogP contribution < -0.4 is 0 Å². The molecule has 0 aliphatic rings. The first-order valence-electron chi connectivity index (χ1n) is 13.0. The third-order valence-electron chi connectivity index (χ3n) is 6.79. The lowest BCUT2D eigenvalue weighted by Crippen LogP contribution is -2.48. The molecule has 0 aliphatic carbocycles. The summed E-state index contributed by atoms with van der Waals surface area (Å²) in [4.78, 5) is 0.791. The van der Waals surface area contributed by atoms with Gasteiger partial charge in [-0.25, -0.2) is 0 Å². The van der Waals surface area contributed by atoms with E-state index in [1.807, 2.05) is 37.3 Å². The third-order valence-corrected chi connectivity index (χ3v) is 12.7. The second kappa shape index (κ2) is 15.3. The molecule has 0 spiro atoms. The van der Waals surface area contributed by atoms with Crippen molar-refractivity contribution in [3.63, 3.8) is 0 Å². The zero-order chi connectivity index (χ0) is 24.9. The summed E-state index contributed by atoms with van der Waals surface area (Å²) in [6, 6.07) is 7.80. The quantitative estimate of drug-likeness (QED) is 0.144. The lowest BCUT2D eigenvalue weighted by atomic mass is 10.1. The Balaban J connectivity index is 2.67. The average Bonchev–Trinajstić information content (AvgIpc) is 2.74. The van der Waals surface area contributed by atoms with E-state index in [1.54, 1.807) is 0 Å². The Kier molecular flexibility index (Phi) is 14.0. The summed E-state index contributed by atoms with van der Waals surface area (Å²) < 4.78 is 19.6. The summed E-state index contributed by atoms with van der Waals surface area (Å²) in [5.74, 6) is 0.304. The normalized spacial score (nSPS) is 15.6. The van der Waals surface area contributed by atoms with E-state index in [-0.39, 0.29) is 5.04 Å². The highest BCUT2D eigenvalue weighted by atomic mass is 32.2. The van der Waals surface area contributed by atoms with Crippen LogP contribution in [0, 0.1) is 6.92 Å². The van der Waals surface area contributed by atoms with Crippen molar-refractivity contribution >= 4 is 19.1 Å². The highest BCUT2D eigenvalue weighted by molar-refractivity contribution is 7.85. The zero-order valence-corrected chi connectivity index (χ0v) is 24.2. The van der Waals surface area contributed by atoms with Crippen LogP contribution >= 0.6 is 0 Å². The molecule has 190 valence electrons. The van der Waals surface area contributed by atoms with Gasteiger partial charge in [0.25, 0.3) is 0 Å². The van der Waals surface area contributed by atoms with Crippen molar-refractivity contribution in [3.05, 3.63) is 42.0 Å². The second-order valence-electron chi connectivity index (χ2n) is 10.9. The maximum atomic E-state index is 13.1. The Morgan fingerprint density at radius 2 is 1.55 bits per heavy atom. The van der Waals surface area contributed by atoms with Crippen molar-refractivity contribution in [1.29, 1.82) is 0 Å². The van der Waals surface area contributed by atoms with Crippen LogP contribution in [0.3, 0.4) is 0 Å². The highest BCUT2D eigenvalue weighted by Gasteiger charge is 2.40. The van der Waals surface area contributed by atoms with Crippen molar-refractivity contribution in [1.82, 2.24) is 0 Å². The van der Waals surface area contributed by atoms with Gasteiger partial charge in [-0.3, -0.25) is 4.21 Å². The van der Waals surface area contributed by atoms with Crippen LogP contribution in [-0.2, 0) is 15.2 Å². The summed E-state index contributed by atoms with van der Waals surface area (Å²) in [7, 11) is -3.33. The Labute approximate surface area is 208 Å². The van der Waals surface area contributed by atoms with Gasteiger partial charge in [0, 0.05) is 4.90 Å². The molecule has 0 amide bonds. The lowest BCUT2D eigenvalue weighted by molar-refractivity contribution is 0.0716. The molecule has 1 unspecified atom stereocenters. The minimum absolute atomic E-state index is 0.0250. The number of hydrogen-bond acceptors (Lipinski definition) is 3. The van der Waals surface area contributed by atoms with Crippen molar-refractivity contribution in [2.75, 3.05) is 5.75 Å². The molecule has 3 nitrogen and oxygen atoms in total. The van der Waals surface area contributed by atoms with Gasteiger partial charge in [-0.15, -0.1) is 0 Å². The standard InChI is InChI=1S/C28H50O3SSi/c1-8-9-10-11-12-13-14-15-16-17-18-26(29)27(31-33(6,7)28(3,4)5)23-32(30)25-21-19-24(2)20-22-25/h17-22,26-27,29H,8-16,23H2,1-7H3/b18-17-/t26-,27+,32?/m0/s1. The van der Waals surface area contributed by atoms with Gasteiger partial charge in [0.1, 0.15) is 0 Å². The van der Waals surface area contributed by atoms with Gasteiger partial charge in [0.2, 0.25) is 0 Å². The van der Waals surface area contributed by atoms with E-state index < -0.39 is 31.3 Å². The third kappa shape index (κ3) is 12.0. The number of hydrogen-bond donors (Lipinski definition) is 1. The maximum absolute atomic E-state index is 13.1. The van der Waals surface area contributed by atoms with Crippen LogP contribution in [0.15, 0.2) is 41.3 Å². The smallest absolute Gasteiger partial charge is 0.192 e. The number of rotatable bonds is 16. The molecular formula is C28H50O3SSi. The number of unbranched alkanes of at least 4 members (excludes halogenated alkanes) is 8. The van der Waals surface area contributed by atoms with Crippen LogP contribution in [0.2, 0.25) is 18.1 Å². The number of aliphatic hydroxyl groups is 1. The molecule has 0 aliphatic heterocycles. The van der Waals surface area contributed by atoms with E-state index >= 15 is 0 Å². The summed E-state index contributed by atoms with van der Waals surface area (Å²) in [5.41, 5.74) is 1.15. The van der Waals surface area contributed by atoms with Gasteiger partial charge in [-0.05, 0) is 50.0 Å². The van der Waals surface area contributed by atoms with Gasteiger partial charge in [0.15, 0.2) is 8.32 Å². The van der Waals surface area contributed by atoms with E-state index in [1.165, 1.54) is 44.9 Å². The molecule has 0 saturated heterocycles. The SMILES string of the molecule is CCCCCCCCCC/C=C\[C@H](O)[C@@H](CS(=O)c1ccc(C)cc1)O[Si](C)(C)C(C)(C)C. The predicted molar refractivity (Wildman–Crippen MR) is 147 cm³/mol. The molecule has 0 radical (unpaired) electrons. The topological polar surface area (TPSA) is 46.5 Å². The second-order valence-corrected chi connectivity index (χ2v) is 17.2. The Bertz CT molecular complexity index is 707. The molecule has 0 fully saturated rings. The minimum Gasteiger partial charge on any atom is -0.410 e. The highest BCUT2D eigenvalue weighted by Crippen LogP contribution is 2.38. The summed E-state index contributed by atoms with van der Waals surface area (Å²) >= 11 is 0. The van der Waals surface area contributed by atoms with Crippen LogP contribution in [0.5, 0.6) is 0 Å². The first-order chi connectivity index (χ1) is 15.5.